The number of hydrogen-bond acceptors (Lipinski definition) is 4. The Kier molecular flexibility index (Phi) is 5.83. The highest BCUT2D eigenvalue weighted by Crippen LogP contribution is 2.14. The Morgan fingerprint density at radius 2 is 1.67 bits per heavy atom. The van der Waals surface area contributed by atoms with Crippen LogP contribution in [0, 0.1) is 11.6 Å². The predicted octanol–water partition coefficient (Wildman–Crippen LogP) is 1.20. The molecule has 2 rings (SSSR count). The SMILES string of the molecule is COC(=O)CCC(=O)N1CCN(C(=O)c2ccc(F)cc2F)CC1. The molecule has 130 valence electrons. The van der Waals surface area contributed by atoms with E-state index in [9.17, 15) is 23.2 Å². The summed E-state index contributed by atoms with van der Waals surface area (Å²) in [7, 11) is 1.26. The summed E-state index contributed by atoms with van der Waals surface area (Å²) in [6, 6.07) is 2.81. The van der Waals surface area contributed by atoms with Crippen LogP contribution in [0.5, 0.6) is 0 Å². The molecule has 1 aromatic carbocycles. The van der Waals surface area contributed by atoms with E-state index < -0.39 is 23.5 Å². The fraction of sp³-hybridized carbons (Fsp3) is 0.438. The first-order valence-corrected chi connectivity index (χ1v) is 7.51. The number of halogens is 2. The molecule has 0 unspecified atom stereocenters. The van der Waals surface area contributed by atoms with E-state index in [0.717, 1.165) is 12.1 Å². The molecule has 0 aromatic heterocycles. The van der Waals surface area contributed by atoms with Crippen molar-refractivity contribution in [1.82, 2.24) is 9.80 Å². The lowest BCUT2D eigenvalue weighted by molar-refractivity contribution is -0.143. The van der Waals surface area contributed by atoms with E-state index in [-0.39, 0.29) is 37.4 Å². The average molecular weight is 340 g/mol. The van der Waals surface area contributed by atoms with Crippen molar-refractivity contribution >= 4 is 17.8 Å². The lowest BCUT2D eigenvalue weighted by Crippen LogP contribution is -2.50. The van der Waals surface area contributed by atoms with E-state index >= 15 is 0 Å². The molecule has 1 aromatic rings. The van der Waals surface area contributed by atoms with Crippen molar-refractivity contribution in [2.24, 2.45) is 0 Å². The zero-order valence-corrected chi connectivity index (χ0v) is 13.3. The summed E-state index contributed by atoms with van der Waals surface area (Å²) in [4.78, 5) is 38.2. The van der Waals surface area contributed by atoms with E-state index in [1.807, 2.05) is 0 Å². The Morgan fingerprint density at radius 3 is 2.25 bits per heavy atom. The van der Waals surface area contributed by atoms with Crippen LogP contribution in [0.4, 0.5) is 8.78 Å². The monoisotopic (exact) mass is 340 g/mol. The van der Waals surface area contributed by atoms with Crippen LogP contribution in [0.1, 0.15) is 23.2 Å². The van der Waals surface area contributed by atoms with Gasteiger partial charge >= 0.3 is 5.97 Å². The minimum Gasteiger partial charge on any atom is -0.469 e. The Labute approximate surface area is 138 Å². The number of rotatable bonds is 4. The molecule has 0 N–H and O–H groups in total. The van der Waals surface area contributed by atoms with Crippen molar-refractivity contribution < 1.29 is 27.9 Å². The molecule has 8 heteroatoms. The molecule has 0 saturated carbocycles. The number of methoxy groups -OCH3 is 1. The van der Waals surface area contributed by atoms with E-state index in [1.165, 1.54) is 12.0 Å². The van der Waals surface area contributed by atoms with E-state index in [2.05, 4.69) is 4.74 Å². The van der Waals surface area contributed by atoms with Crippen LogP contribution in [0.3, 0.4) is 0 Å². The topological polar surface area (TPSA) is 66.9 Å². The van der Waals surface area contributed by atoms with E-state index in [4.69, 9.17) is 0 Å². The summed E-state index contributed by atoms with van der Waals surface area (Å²) in [5.74, 6) is -2.83. The van der Waals surface area contributed by atoms with Gasteiger partial charge in [0.1, 0.15) is 11.6 Å². The number of amides is 2. The summed E-state index contributed by atoms with van der Waals surface area (Å²) in [5, 5.41) is 0. The molecule has 1 saturated heterocycles. The number of ether oxygens (including phenoxy) is 1. The summed E-state index contributed by atoms with van der Waals surface area (Å²) in [6.45, 7) is 1.10. The smallest absolute Gasteiger partial charge is 0.306 e. The van der Waals surface area contributed by atoms with Crippen molar-refractivity contribution in [2.75, 3.05) is 33.3 Å². The Morgan fingerprint density at radius 1 is 1.04 bits per heavy atom. The highest BCUT2D eigenvalue weighted by Gasteiger charge is 2.26. The molecule has 24 heavy (non-hydrogen) atoms. The van der Waals surface area contributed by atoms with Gasteiger partial charge in [-0.05, 0) is 12.1 Å². The molecule has 0 spiro atoms. The minimum atomic E-state index is -0.906. The number of piperazine rings is 1. The molecule has 2 amide bonds. The largest absolute Gasteiger partial charge is 0.469 e. The molecule has 0 aliphatic carbocycles. The highest BCUT2D eigenvalue weighted by atomic mass is 19.1. The summed E-state index contributed by atoms with van der Waals surface area (Å²) in [6.07, 6.45) is 0.0580. The van der Waals surface area contributed by atoms with Crippen molar-refractivity contribution in [3.63, 3.8) is 0 Å². The minimum absolute atomic E-state index is 0.00920. The van der Waals surface area contributed by atoms with Gasteiger partial charge in [-0.2, -0.15) is 0 Å². The first kappa shape index (κ1) is 17.8. The van der Waals surface area contributed by atoms with Gasteiger partial charge in [0.25, 0.3) is 5.91 Å². The third-order valence-corrected chi connectivity index (χ3v) is 3.85. The van der Waals surface area contributed by atoms with Crippen molar-refractivity contribution in [3.8, 4) is 0 Å². The summed E-state index contributed by atoms with van der Waals surface area (Å²) in [5.41, 5.74) is -0.193. The van der Waals surface area contributed by atoms with Crippen LogP contribution in [0.25, 0.3) is 0 Å². The standard InChI is InChI=1S/C16H18F2N2O4/c1-24-15(22)5-4-14(21)19-6-8-20(9-7-19)16(23)12-3-2-11(17)10-13(12)18/h2-3,10H,4-9H2,1H3. The van der Waals surface area contributed by atoms with Crippen LogP contribution in [-0.4, -0.2) is 60.9 Å². The maximum Gasteiger partial charge on any atom is 0.306 e. The van der Waals surface area contributed by atoms with Gasteiger partial charge in [-0.15, -0.1) is 0 Å². The summed E-state index contributed by atoms with van der Waals surface area (Å²) >= 11 is 0. The fourth-order valence-electron chi connectivity index (χ4n) is 2.46. The third kappa shape index (κ3) is 4.27. The molecule has 1 aliphatic rings. The van der Waals surface area contributed by atoms with Gasteiger partial charge in [0.15, 0.2) is 0 Å². The Bertz CT molecular complexity index is 643. The van der Waals surface area contributed by atoms with Crippen molar-refractivity contribution in [1.29, 1.82) is 0 Å². The second-order valence-electron chi connectivity index (χ2n) is 5.37. The molecule has 0 radical (unpaired) electrons. The zero-order chi connectivity index (χ0) is 17.7. The molecule has 1 heterocycles. The quantitative estimate of drug-likeness (QED) is 0.773. The Hall–Kier alpha value is -2.51. The predicted molar refractivity (Wildman–Crippen MR) is 80.1 cm³/mol. The van der Waals surface area contributed by atoms with Crippen LogP contribution in [0.15, 0.2) is 18.2 Å². The second kappa shape index (κ2) is 7.85. The van der Waals surface area contributed by atoms with Gasteiger partial charge in [-0.1, -0.05) is 0 Å². The Balaban J connectivity index is 1.89. The van der Waals surface area contributed by atoms with Gasteiger partial charge in [-0.25, -0.2) is 8.78 Å². The highest BCUT2D eigenvalue weighted by molar-refractivity contribution is 5.94. The lowest BCUT2D eigenvalue weighted by atomic mass is 10.1. The van der Waals surface area contributed by atoms with E-state index in [0.29, 0.717) is 19.2 Å². The molecular weight excluding hydrogens is 322 g/mol. The summed E-state index contributed by atoms with van der Waals surface area (Å²) < 4.78 is 31.1. The number of nitrogens with zero attached hydrogens (tertiary/aromatic N) is 2. The molecule has 1 fully saturated rings. The number of benzene rings is 1. The zero-order valence-electron chi connectivity index (χ0n) is 13.3. The first-order chi connectivity index (χ1) is 11.4. The molecule has 0 bridgehead atoms. The van der Waals surface area contributed by atoms with Gasteiger partial charge in [0.05, 0.1) is 19.1 Å². The average Bonchev–Trinajstić information content (AvgIpc) is 2.59. The number of carbonyl (C=O) groups is 3. The van der Waals surface area contributed by atoms with Crippen LogP contribution < -0.4 is 0 Å². The number of carbonyl (C=O) groups excluding carboxylic acids is 3. The van der Waals surface area contributed by atoms with Gasteiger partial charge in [-0.3, -0.25) is 14.4 Å². The number of hydrogen-bond donors (Lipinski definition) is 0. The van der Waals surface area contributed by atoms with Crippen LogP contribution in [0.2, 0.25) is 0 Å². The van der Waals surface area contributed by atoms with Gasteiger partial charge < -0.3 is 14.5 Å². The van der Waals surface area contributed by atoms with Crippen LogP contribution >= 0.6 is 0 Å². The molecule has 1 aliphatic heterocycles. The molecule has 0 atom stereocenters. The number of esters is 1. The maximum atomic E-state index is 13.7. The van der Waals surface area contributed by atoms with Gasteiger partial charge in [0, 0.05) is 38.7 Å². The van der Waals surface area contributed by atoms with Crippen molar-refractivity contribution in [3.05, 3.63) is 35.4 Å². The van der Waals surface area contributed by atoms with Crippen LogP contribution in [-0.2, 0) is 14.3 Å². The molecule has 6 nitrogen and oxygen atoms in total. The third-order valence-electron chi connectivity index (χ3n) is 3.85. The van der Waals surface area contributed by atoms with Gasteiger partial charge in [0.2, 0.25) is 5.91 Å². The molecular formula is C16H18F2N2O4. The lowest BCUT2D eigenvalue weighted by Gasteiger charge is -2.34. The fourth-order valence-corrected chi connectivity index (χ4v) is 2.46. The normalized spacial score (nSPS) is 14.5. The maximum absolute atomic E-state index is 13.7. The first-order valence-electron chi connectivity index (χ1n) is 7.51. The second-order valence-corrected chi connectivity index (χ2v) is 5.37. The van der Waals surface area contributed by atoms with Crippen molar-refractivity contribution in [2.45, 2.75) is 12.8 Å². The van der Waals surface area contributed by atoms with E-state index in [1.54, 1.807) is 4.90 Å².